The standard InChI is InChI=1S/C9H8ClN5O2/c10-8-2-1-7(3-11-8)4-14-5-9(12-6-14)13-15(16)17/h1-3,6H,4-5H2. The summed E-state index contributed by atoms with van der Waals surface area (Å²) in [4.78, 5) is 19.7. The van der Waals surface area contributed by atoms with Gasteiger partial charge in [0.25, 0.3) is 0 Å². The quantitative estimate of drug-likeness (QED) is 0.460. The van der Waals surface area contributed by atoms with E-state index in [0.29, 0.717) is 18.2 Å². The Labute approximate surface area is 102 Å². The smallest absolute Gasteiger partial charge is 0.223 e. The van der Waals surface area contributed by atoms with Crippen molar-refractivity contribution in [3.63, 3.8) is 0 Å². The second-order valence-corrected chi connectivity index (χ2v) is 3.78. The highest BCUT2D eigenvalue weighted by molar-refractivity contribution is 6.29. The molecule has 2 rings (SSSR count). The number of pyridine rings is 1. The van der Waals surface area contributed by atoms with Crippen molar-refractivity contribution in [1.29, 1.82) is 0 Å². The number of hydrazone groups is 1. The lowest BCUT2D eigenvalue weighted by atomic mass is 10.3. The third kappa shape index (κ3) is 3.22. The SMILES string of the molecule is O=[N+]([O-])N=C1CN(Cc2ccc(Cl)nc2)C=N1. The van der Waals surface area contributed by atoms with Crippen molar-refractivity contribution < 1.29 is 5.03 Å². The van der Waals surface area contributed by atoms with Gasteiger partial charge in [-0.05, 0) is 11.6 Å². The molecule has 0 atom stereocenters. The van der Waals surface area contributed by atoms with Crippen LogP contribution < -0.4 is 0 Å². The maximum Gasteiger partial charge on any atom is 0.223 e. The van der Waals surface area contributed by atoms with Gasteiger partial charge in [-0.1, -0.05) is 17.7 Å². The molecule has 17 heavy (non-hydrogen) atoms. The lowest BCUT2D eigenvalue weighted by Crippen LogP contribution is -2.21. The summed E-state index contributed by atoms with van der Waals surface area (Å²) in [6.45, 7) is 0.883. The molecule has 0 radical (unpaired) electrons. The summed E-state index contributed by atoms with van der Waals surface area (Å²) in [5, 5.41) is 13.0. The van der Waals surface area contributed by atoms with Gasteiger partial charge < -0.3 is 4.90 Å². The van der Waals surface area contributed by atoms with Gasteiger partial charge in [0.15, 0.2) is 5.03 Å². The summed E-state index contributed by atoms with van der Waals surface area (Å²) in [6, 6.07) is 3.53. The van der Waals surface area contributed by atoms with Crippen molar-refractivity contribution in [2.45, 2.75) is 6.54 Å². The molecule has 1 aromatic heterocycles. The normalized spacial score (nSPS) is 16.8. The average molecular weight is 254 g/mol. The van der Waals surface area contributed by atoms with Crippen LogP contribution >= 0.6 is 11.6 Å². The van der Waals surface area contributed by atoms with E-state index in [4.69, 9.17) is 11.6 Å². The van der Waals surface area contributed by atoms with Gasteiger partial charge in [0.2, 0.25) is 5.84 Å². The first kappa shape index (κ1) is 11.5. The summed E-state index contributed by atoms with van der Waals surface area (Å²) in [5.41, 5.74) is 0.947. The van der Waals surface area contributed by atoms with E-state index in [1.165, 1.54) is 6.34 Å². The fourth-order valence-electron chi connectivity index (χ4n) is 1.39. The molecule has 1 aromatic rings. The van der Waals surface area contributed by atoms with Gasteiger partial charge in [-0.3, -0.25) is 0 Å². The molecular formula is C9H8ClN5O2. The van der Waals surface area contributed by atoms with Crippen LogP contribution in [0.2, 0.25) is 5.15 Å². The molecule has 8 heteroatoms. The monoisotopic (exact) mass is 253 g/mol. The van der Waals surface area contributed by atoms with Gasteiger partial charge >= 0.3 is 0 Å². The zero-order valence-corrected chi connectivity index (χ0v) is 9.41. The van der Waals surface area contributed by atoms with E-state index in [-0.39, 0.29) is 5.84 Å². The summed E-state index contributed by atoms with van der Waals surface area (Å²) in [6.07, 6.45) is 3.18. The number of nitro groups is 1. The zero-order valence-electron chi connectivity index (χ0n) is 8.65. The van der Waals surface area contributed by atoms with Crippen LogP contribution in [0, 0.1) is 10.1 Å². The Morgan fingerprint density at radius 3 is 3.06 bits per heavy atom. The fourth-order valence-corrected chi connectivity index (χ4v) is 1.51. The van der Waals surface area contributed by atoms with Gasteiger partial charge in [0.05, 0.1) is 18.0 Å². The van der Waals surface area contributed by atoms with Crippen molar-refractivity contribution in [2.75, 3.05) is 6.54 Å². The largest absolute Gasteiger partial charge is 0.350 e. The Kier molecular flexibility index (Phi) is 3.29. The van der Waals surface area contributed by atoms with Crippen LogP contribution in [0.1, 0.15) is 5.56 Å². The molecule has 0 saturated carbocycles. The van der Waals surface area contributed by atoms with Gasteiger partial charge in [-0.15, -0.1) is 0 Å². The molecule has 88 valence electrons. The Balaban J connectivity index is 1.97. The Morgan fingerprint density at radius 1 is 1.59 bits per heavy atom. The molecule has 0 bridgehead atoms. The predicted molar refractivity (Wildman–Crippen MR) is 62.6 cm³/mol. The van der Waals surface area contributed by atoms with E-state index >= 15 is 0 Å². The number of halogens is 1. The molecule has 0 saturated heterocycles. The highest BCUT2D eigenvalue weighted by atomic mass is 35.5. The lowest BCUT2D eigenvalue weighted by Gasteiger charge is -2.12. The number of nitrogens with zero attached hydrogens (tertiary/aromatic N) is 5. The number of amidine groups is 1. The average Bonchev–Trinajstić information content (AvgIpc) is 2.68. The molecule has 0 spiro atoms. The van der Waals surface area contributed by atoms with E-state index in [1.807, 2.05) is 6.07 Å². The minimum atomic E-state index is -0.750. The van der Waals surface area contributed by atoms with E-state index in [1.54, 1.807) is 17.2 Å². The molecule has 0 N–H and O–H groups in total. The Bertz CT molecular complexity index is 485. The number of aliphatic imine (C=N–C) groups is 1. The highest BCUT2D eigenvalue weighted by Gasteiger charge is 2.15. The molecule has 0 aromatic carbocycles. The highest BCUT2D eigenvalue weighted by Crippen LogP contribution is 2.09. The van der Waals surface area contributed by atoms with E-state index in [0.717, 1.165) is 5.56 Å². The molecule has 0 unspecified atom stereocenters. The third-order valence-corrected chi connectivity index (χ3v) is 2.31. The molecule has 0 fully saturated rings. The van der Waals surface area contributed by atoms with Crippen LogP contribution in [0.15, 0.2) is 28.4 Å². The summed E-state index contributed by atoms with van der Waals surface area (Å²) in [5.74, 6) is 0.192. The van der Waals surface area contributed by atoms with Gasteiger partial charge in [0.1, 0.15) is 5.15 Å². The minimum absolute atomic E-state index is 0.192. The van der Waals surface area contributed by atoms with Crippen LogP contribution in [-0.4, -0.2) is 33.6 Å². The van der Waals surface area contributed by atoms with Gasteiger partial charge in [-0.25, -0.2) is 20.1 Å². The summed E-state index contributed by atoms with van der Waals surface area (Å²) < 4.78 is 0. The number of hydrogen-bond donors (Lipinski definition) is 0. The van der Waals surface area contributed by atoms with Crippen molar-refractivity contribution in [1.82, 2.24) is 9.88 Å². The molecule has 1 aliphatic heterocycles. The molecule has 7 nitrogen and oxygen atoms in total. The second-order valence-electron chi connectivity index (χ2n) is 3.39. The van der Waals surface area contributed by atoms with Gasteiger partial charge in [0, 0.05) is 12.7 Å². The van der Waals surface area contributed by atoms with Crippen LogP contribution in [0.4, 0.5) is 0 Å². The number of rotatable bonds is 3. The van der Waals surface area contributed by atoms with Crippen molar-refractivity contribution in [3.05, 3.63) is 39.2 Å². The molecule has 0 aliphatic carbocycles. The summed E-state index contributed by atoms with van der Waals surface area (Å²) >= 11 is 5.66. The minimum Gasteiger partial charge on any atom is -0.350 e. The van der Waals surface area contributed by atoms with Crippen molar-refractivity contribution in [3.8, 4) is 0 Å². The predicted octanol–water partition coefficient (Wildman–Crippen LogP) is 1.17. The van der Waals surface area contributed by atoms with Crippen molar-refractivity contribution in [2.24, 2.45) is 10.1 Å². The van der Waals surface area contributed by atoms with E-state index < -0.39 is 5.03 Å². The number of hydrogen-bond acceptors (Lipinski definition) is 4. The first-order valence-corrected chi connectivity index (χ1v) is 5.12. The maximum atomic E-state index is 10.2. The molecular weight excluding hydrogens is 246 g/mol. The van der Waals surface area contributed by atoms with Crippen LogP contribution in [0.25, 0.3) is 0 Å². The van der Waals surface area contributed by atoms with Crippen LogP contribution in [-0.2, 0) is 6.54 Å². The zero-order chi connectivity index (χ0) is 12.3. The second kappa shape index (κ2) is 4.88. The lowest BCUT2D eigenvalue weighted by molar-refractivity contribution is -0.485. The van der Waals surface area contributed by atoms with Crippen LogP contribution in [0.3, 0.4) is 0 Å². The Hall–Kier alpha value is -2.02. The first-order valence-electron chi connectivity index (χ1n) is 4.74. The number of aromatic nitrogens is 1. The topological polar surface area (TPSA) is 84.0 Å². The van der Waals surface area contributed by atoms with E-state index in [2.05, 4.69) is 15.1 Å². The molecule has 2 heterocycles. The first-order chi connectivity index (χ1) is 8.13. The summed E-state index contributed by atoms with van der Waals surface area (Å²) in [7, 11) is 0. The third-order valence-electron chi connectivity index (χ3n) is 2.09. The van der Waals surface area contributed by atoms with E-state index in [9.17, 15) is 10.1 Å². The fraction of sp³-hybridized carbons (Fsp3) is 0.222. The Morgan fingerprint density at radius 2 is 2.41 bits per heavy atom. The van der Waals surface area contributed by atoms with Crippen molar-refractivity contribution >= 4 is 23.8 Å². The van der Waals surface area contributed by atoms with Crippen LogP contribution in [0.5, 0.6) is 0 Å². The maximum absolute atomic E-state index is 10.2. The molecule has 1 aliphatic rings. The molecule has 0 amide bonds. The van der Waals surface area contributed by atoms with Gasteiger partial charge in [-0.2, -0.15) is 0 Å².